The maximum absolute atomic E-state index is 12.5. The molecule has 0 bridgehead atoms. The fourth-order valence-electron chi connectivity index (χ4n) is 2.18. The average Bonchev–Trinajstić information content (AvgIpc) is 3.08. The smallest absolute Gasteiger partial charge is 0.328 e. The Labute approximate surface area is 165 Å². The van der Waals surface area contributed by atoms with Crippen molar-refractivity contribution in [3.8, 4) is 0 Å². The number of rotatable bonds is 7. The maximum Gasteiger partial charge on any atom is 0.328 e. The van der Waals surface area contributed by atoms with Crippen molar-refractivity contribution in [2.75, 3.05) is 37.8 Å². The lowest BCUT2D eigenvalue weighted by Crippen LogP contribution is -2.49. The first kappa shape index (κ1) is 21.8. The fourth-order valence-corrected chi connectivity index (χ4v) is 4.06. The molecule has 1 aliphatic heterocycles. The summed E-state index contributed by atoms with van der Waals surface area (Å²) in [7, 11) is -2.11. The Morgan fingerprint density at radius 3 is 2.59 bits per heavy atom. The van der Waals surface area contributed by atoms with Crippen molar-refractivity contribution in [3.05, 3.63) is 11.1 Å². The van der Waals surface area contributed by atoms with Gasteiger partial charge < -0.3 is 24.5 Å². The van der Waals surface area contributed by atoms with Crippen molar-refractivity contribution in [2.24, 2.45) is 0 Å². The van der Waals surface area contributed by atoms with Crippen LogP contribution in [0.5, 0.6) is 0 Å². The van der Waals surface area contributed by atoms with Crippen molar-refractivity contribution in [3.63, 3.8) is 0 Å². The van der Waals surface area contributed by atoms with Gasteiger partial charge in [0.05, 0.1) is 19.8 Å². The highest BCUT2D eigenvalue weighted by atomic mass is 32.1. The summed E-state index contributed by atoms with van der Waals surface area (Å²) >= 11 is 1.37. The Hall–Kier alpha value is -1.49. The topological polar surface area (TPSA) is 101 Å². The summed E-state index contributed by atoms with van der Waals surface area (Å²) in [6, 6.07) is -1.11. The van der Waals surface area contributed by atoms with E-state index in [4.69, 9.17) is 9.16 Å². The van der Waals surface area contributed by atoms with E-state index in [-0.39, 0.29) is 17.3 Å². The van der Waals surface area contributed by atoms with E-state index >= 15 is 0 Å². The first-order valence-corrected chi connectivity index (χ1v) is 12.8. The third kappa shape index (κ3) is 5.74. The SMILES string of the molecule is CC(C)(C)[Si](C)(C)OC[C@H](NC(=O)c1csc(N2CCOCC2)n1)C(=O)O. The number of morpholine rings is 1. The Bertz CT molecular complexity index is 668. The van der Waals surface area contributed by atoms with Gasteiger partial charge in [0.1, 0.15) is 11.7 Å². The number of hydrogen-bond acceptors (Lipinski definition) is 7. The van der Waals surface area contributed by atoms with Gasteiger partial charge in [-0.3, -0.25) is 4.79 Å². The van der Waals surface area contributed by atoms with Crippen LogP contribution < -0.4 is 10.2 Å². The molecule has 1 aromatic rings. The Balaban J connectivity index is 1.98. The average molecular weight is 416 g/mol. The zero-order chi connectivity index (χ0) is 20.2. The summed E-state index contributed by atoms with van der Waals surface area (Å²) in [5.74, 6) is -1.62. The number of nitrogens with zero attached hydrogens (tertiary/aromatic N) is 2. The van der Waals surface area contributed by atoms with Gasteiger partial charge in [-0.05, 0) is 18.1 Å². The van der Waals surface area contributed by atoms with Crippen LogP contribution in [0.3, 0.4) is 0 Å². The van der Waals surface area contributed by atoms with Crippen LogP contribution in [0.4, 0.5) is 5.13 Å². The van der Waals surface area contributed by atoms with Crippen molar-refractivity contribution in [2.45, 2.75) is 44.9 Å². The zero-order valence-electron chi connectivity index (χ0n) is 16.6. The van der Waals surface area contributed by atoms with Gasteiger partial charge in [0, 0.05) is 18.5 Å². The summed E-state index contributed by atoms with van der Waals surface area (Å²) in [6.45, 7) is 13.0. The van der Waals surface area contributed by atoms with E-state index in [0.29, 0.717) is 13.2 Å². The number of aromatic nitrogens is 1. The first-order chi connectivity index (χ1) is 12.5. The maximum atomic E-state index is 12.5. The van der Waals surface area contributed by atoms with Gasteiger partial charge in [-0.1, -0.05) is 20.8 Å². The summed E-state index contributed by atoms with van der Waals surface area (Å²) < 4.78 is 11.3. The van der Waals surface area contributed by atoms with Gasteiger partial charge >= 0.3 is 5.97 Å². The van der Waals surface area contributed by atoms with E-state index in [2.05, 4.69) is 36.0 Å². The van der Waals surface area contributed by atoms with Gasteiger partial charge in [-0.25, -0.2) is 9.78 Å². The molecule has 0 aliphatic carbocycles. The van der Waals surface area contributed by atoms with Gasteiger partial charge in [0.15, 0.2) is 13.4 Å². The minimum atomic E-state index is -2.11. The second-order valence-corrected chi connectivity index (χ2v) is 13.7. The van der Waals surface area contributed by atoms with Crippen molar-refractivity contribution in [1.82, 2.24) is 10.3 Å². The van der Waals surface area contributed by atoms with Crippen LogP contribution in [-0.2, 0) is 14.0 Å². The molecule has 0 spiro atoms. The number of anilines is 1. The highest BCUT2D eigenvalue weighted by Gasteiger charge is 2.38. The van der Waals surface area contributed by atoms with Gasteiger partial charge in [0.2, 0.25) is 0 Å². The molecule has 2 N–H and O–H groups in total. The number of carboxylic acid groups (broad SMARTS) is 1. The molecule has 1 amide bonds. The van der Waals surface area contributed by atoms with E-state index in [1.54, 1.807) is 5.38 Å². The quantitative estimate of drug-likeness (QED) is 0.658. The van der Waals surface area contributed by atoms with E-state index in [9.17, 15) is 14.7 Å². The number of ether oxygens (including phenoxy) is 1. The van der Waals surface area contributed by atoms with Crippen LogP contribution >= 0.6 is 11.3 Å². The van der Waals surface area contributed by atoms with Gasteiger partial charge in [-0.15, -0.1) is 11.3 Å². The first-order valence-electron chi connectivity index (χ1n) is 8.97. The van der Waals surface area contributed by atoms with Crippen LogP contribution in [0.1, 0.15) is 31.3 Å². The van der Waals surface area contributed by atoms with Crippen LogP contribution in [0.15, 0.2) is 5.38 Å². The fraction of sp³-hybridized carbons (Fsp3) is 0.706. The van der Waals surface area contributed by atoms with Crippen LogP contribution in [0, 0.1) is 0 Å². The molecule has 0 unspecified atom stereocenters. The van der Waals surface area contributed by atoms with Gasteiger partial charge in [-0.2, -0.15) is 0 Å². The Morgan fingerprint density at radius 2 is 2.04 bits per heavy atom. The van der Waals surface area contributed by atoms with E-state index in [1.165, 1.54) is 11.3 Å². The molecule has 8 nitrogen and oxygen atoms in total. The molecule has 10 heteroatoms. The molecule has 2 rings (SSSR count). The van der Waals surface area contributed by atoms with Gasteiger partial charge in [0.25, 0.3) is 5.91 Å². The second-order valence-electron chi connectivity index (χ2n) is 8.05. The number of carboxylic acids is 1. The predicted molar refractivity (Wildman–Crippen MR) is 107 cm³/mol. The Morgan fingerprint density at radius 1 is 1.41 bits per heavy atom. The summed E-state index contributed by atoms with van der Waals surface area (Å²) in [4.78, 5) is 30.4. The van der Waals surface area contributed by atoms with Crippen molar-refractivity contribution in [1.29, 1.82) is 0 Å². The standard InChI is InChI=1S/C17H29N3O5SSi/c1-17(2,3)27(4,5)25-10-12(15(22)23)18-14(21)13-11-26-16(19-13)20-6-8-24-9-7-20/h11-12H,6-10H2,1-5H3,(H,18,21)(H,22,23)/t12-/m0/s1. The molecule has 1 saturated heterocycles. The monoisotopic (exact) mass is 415 g/mol. The summed E-state index contributed by atoms with van der Waals surface area (Å²) in [6.07, 6.45) is 0. The molecule has 0 saturated carbocycles. The highest BCUT2D eigenvalue weighted by molar-refractivity contribution is 7.13. The Kier molecular flexibility index (Phi) is 7.01. The lowest BCUT2D eigenvalue weighted by atomic mass is 10.2. The van der Waals surface area contributed by atoms with Crippen LogP contribution in [0.25, 0.3) is 0 Å². The van der Waals surface area contributed by atoms with E-state index < -0.39 is 26.2 Å². The van der Waals surface area contributed by atoms with Crippen molar-refractivity contribution < 1.29 is 23.9 Å². The number of carbonyl (C=O) groups excluding carboxylic acids is 1. The zero-order valence-corrected chi connectivity index (χ0v) is 18.4. The normalized spacial score (nSPS) is 16.9. The molecule has 1 aromatic heterocycles. The minimum absolute atomic E-state index is 0.0396. The van der Waals surface area contributed by atoms with E-state index in [0.717, 1.165) is 18.2 Å². The molecule has 1 atom stereocenters. The molecule has 27 heavy (non-hydrogen) atoms. The second kappa shape index (κ2) is 8.68. The number of nitrogens with one attached hydrogen (secondary N) is 1. The third-order valence-corrected chi connectivity index (χ3v) is 10.4. The lowest BCUT2D eigenvalue weighted by Gasteiger charge is -2.36. The molecule has 0 aromatic carbocycles. The summed E-state index contributed by atoms with van der Waals surface area (Å²) in [5, 5.41) is 14.3. The van der Waals surface area contributed by atoms with Crippen LogP contribution in [0.2, 0.25) is 18.1 Å². The van der Waals surface area contributed by atoms with Crippen molar-refractivity contribution >= 4 is 36.7 Å². The summed E-state index contributed by atoms with van der Waals surface area (Å²) in [5.41, 5.74) is 0.222. The lowest BCUT2D eigenvalue weighted by molar-refractivity contribution is -0.140. The highest BCUT2D eigenvalue weighted by Crippen LogP contribution is 2.36. The molecule has 2 heterocycles. The largest absolute Gasteiger partial charge is 0.480 e. The molecule has 1 fully saturated rings. The molecule has 152 valence electrons. The van der Waals surface area contributed by atoms with Crippen LogP contribution in [-0.4, -0.2) is 69.2 Å². The molecular weight excluding hydrogens is 386 g/mol. The molecular formula is C17H29N3O5SSi. The minimum Gasteiger partial charge on any atom is -0.480 e. The third-order valence-electron chi connectivity index (χ3n) is 5.03. The molecule has 0 radical (unpaired) electrons. The number of aliphatic carboxylic acids is 1. The number of amides is 1. The number of carbonyl (C=O) groups is 2. The predicted octanol–water partition coefficient (Wildman–Crippen LogP) is 2.18. The number of thiazole rings is 1. The molecule has 1 aliphatic rings. The number of hydrogen-bond donors (Lipinski definition) is 2. The van der Waals surface area contributed by atoms with E-state index in [1.807, 2.05) is 13.1 Å².